The first-order valence-electron chi connectivity index (χ1n) is 10.5. The summed E-state index contributed by atoms with van der Waals surface area (Å²) in [5.74, 6) is -3.13. The average Bonchev–Trinajstić information content (AvgIpc) is 3.09. The number of esters is 1. The molecule has 0 radical (unpaired) electrons. The largest absolute Gasteiger partial charge is 0.573 e. The second-order valence-corrected chi connectivity index (χ2v) is 7.65. The molecule has 0 spiro atoms. The van der Waals surface area contributed by atoms with Gasteiger partial charge in [0.2, 0.25) is 0 Å². The highest BCUT2D eigenvalue weighted by Gasteiger charge is 2.36. The van der Waals surface area contributed by atoms with Gasteiger partial charge in [-0.1, -0.05) is 18.2 Å². The molecule has 0 saturated carbocycles. The monoisotopic (exact) mass is 498 g/mol. The lowest BCUT2D eigenvalue weighted by atomic mass is 10.1. The topological polar surface area (TPSA) is 102 Å². The number of nitrogens with one attached hydrogen (secondary N) is 1. The molecule has 11 heteroatoms. The number of fused-ring (bicyclic) bond motifs is 1. The minimum absolute atomic E-state index is 0.00245. The van der Waals surface area contributed by atoms with Crippen molar-refractivity contribution in [2.75, 3.05) is 10.2 Å². The van der Waals surface area contributed by atoms with Gasteiger partial charge >= 0.3 is 12.3 Å². The molecule has 1 aliphatic heterocycles. The van der Waals surface area contributed by atoms with E-state index in [0.29, 0.717) is 0 Å². The van der Waals surface area contributed by atoms with Gasteiger partial charge in [-0.3, -0.25) is 14.4 Å². The molecule has 36 heavy (non-hydrogen) atoms. The third kappa shape index (κ3) is 5.19. The first kappa shape index (κ1) is 24.5. The van der Waals surface area contributed by atoms with Crippen molar-refractivity contribution in [2.24, 2.45) is 0 Å². The number of carbonyl (C=O) groups is 4. The Hall–Kier alpha value is -4.67. The maximum atomic E-state index is 12.7. The highest BCUT2D eigenvalue weighted by atomic mass is 19.4. The molecule has 184 valence electrons. The van der Waals surface area contributed by atoms with Crippen LogP contribution in [0.25, 0.3) is 0 Å². The minimum atomic E-state index is -4.84. The Morgan fingerprint density at radius 1 is 0.889 bits per heavy atom. The number of halogens is 3. The van der Waals surface area contributed by atoms with Crippen LogP contribution in [-0.2, 0) is 9.53 Å². The Bertz CT molecular complexity index is 1320. The molecule has 0 bridgehead atoms. The van der Waals surface area contributed by atoms with Crippen molar-refractivity contribution in [3.63, 3.8) is 0 Å². The standard InChI is InChI=1S/C25H17F3N2O6/c1-14(21(31)29-16-9-11-18(12-10-16)36-25(26,27)28)35-24(34)15-5-4-6-17(13-15)30-22(32)19-7-2-3-8-20(19)23(30)33/h2-14H,1H3,(H,29,31). The molecule has 3 amide bonds. The van der Waals surface area contributed by atoms with Gasteiger partial charge in [-0.25, -0.2) is 9.69 Å². The molecule has 0 aromatic heterocycles. The van der Waals surface area contributed by atoms with Crippen LogP contribution in [0.3, 0.4) is 0 Å². The number of carbonyl (C=O) groups excluding carboxylic acids is 4. The molecular formula is C25H17F3N2O6. The smallest absolute Gasteiger partial charge is 0.449 e. The van der Waals surface area contributed by atoms with E-state index in [1.54, 1.807) is 12.1 Å². The van der Waals surface area contributed by atoms with Gasteiger partial charge in [0, 0.05) is 5.69 Å². The van der Waals surface area contributed by atoms with Crippen molar-refractivity contribution in [1.82, 2.24) is 0 Å². The van der Waals surface area contributed by atoms with Crippen molar-refractivity contribution < 1.29 is 41.8 Å². The summed E-state index contributed by atoms with van der Waals surface area (Å²) in [6, 6.07) is 16.4. The van der Waals surface area contributed by atoms with Crippen LogP contribution in [0.4, 0.5) is 24.5 Å². The highest BCUT2D eigenvalue weighted by Crippen LogP contribution is 2.29. The molecular weight excluding hydrogens is 481 g/mol. The van der Waals surface area contributed by atoms with Crippen molar-refractivity contribution in [3.05, 3.63) is 89.5 Å². The van der Waals surface area contributed by atoms with E-state index in [9.17, 15) is 32.3 Å². The number of imide groups is 1. The van der Waals surface area contributed by atoms with Gasteiger partial charge in [0.15, 0.2) is 6.10 Å². The number of benzene rings is 3. The summed E-state index contributed by atoms with van der Waals surface area (Å²) in [7, 11) is 0. The Kier molecular flexibility index (Phi) is 6.47. The molecule has 8 nitrogen and oxygen atoms in total. The van der Waals surface area contributed by atoms with Crippen molar-refractivity contribution >= 4 is 35.1 Å². The zero-order valence-electron chi connectivity index (χ0n) is 18.5. The van der Waals surface area contributed by atoms with Crippen LogP contribution in [-0.4, -0.2) is 36.2 Å². The number of rotatable bonds is 6. The Morgan fingerprint density at radius 2 is 1.50 bits per heavy atom. The fraction of sp³-hybridized carbons (Fsp3) is 0.120. The lowest BCUT2D eigenvalue weighted by Crippen LogP contribution is -2.31. The van der Waals surface area contributed by atoms with Crippen LogP contribution in [0, 0.1) is 0 Å². The summed E-state index contributed by atoms with van der Waals surface area (Å²) >= 11 is 0. The zero-order valence-corrected chi connectivity index (χ0v) is 18.5. The molecule has 1 atom stereocenters. The van der Waals surface area contributed by atoms with Gasteiger partial charge in [-0.15, -0.1) is 13.2 Å². The van der Waals surface area contributed by atoms with Crippen LogP contribution in [0.2, 0.25) is 0 Å². The summed E-state index contributed by atoms with van der Waals surface area (Å²) in [4.78, 5) is 51.3. The Morgan fingerprint density at radius 3 is 2.08 bits per heavy atom. The van der Waals surface area contributed by atoms with Gasteiger partial charge in [0.05, 0.1) is 22.4 Å². The van der Waals surface area contributed by atoms with E-state index in [1.165, 1.54) is 55.5 Å². The predicted molar refractivity (Wildman–Crippen MR) is 121 cm³/mol. The van der Waals surface area contributed by atoms with E-state index in [0.717, 1.165) is 17.0 Å². The maximum absolute atomic E-state index is 12.7. The number of anilines is 2. The molecule has 3 aromatic carbocycles. The quantitative estimate of drug-likeness (QED) is 0.395. The minimum Gasteiger partial charge on any atom is -0.449 e. The third-order valence-electron chi connectivity index (χ3n) is 5.14. The van der Waals surface area contributed by atoms with Crippen LogP contribution < -0.4 is 15.0 Å². The molecule has 0 fully saturated rings. The lowest BCUT2D eigenvalue weighted by molar-refractivity contribution is -0.274. The number of hydrogen-bond acceptors (Lipinski definition) is 6. The lowest BCUT2D eigenvalue weighted by Gasteiger charge is -2.16. The fourth-order valence-electron chi connectivity index (χ4n) is 3.46. The number of ether oxygens (including phenoxy) is 2. The summed E-state index contributed by atoms with van der Waals surface area (Å²) < 4.78 is 45.7. The van der Waals surface area contributed by atoms with Gasteiger partial charge in [0.1, 0.15) is 5.75 Å². The van der Waals surface area contributed by atoms with Crippen LogP contribution in [0.1, 0.15) is 38.0 Å². The molecule has 1 unspecified atom stereocenters. The van der Waals surface area contributed by atoms with Crippen LogP contribution in [0.5, 0.6) is 5.75 Å². The van der Waals surface area contributed by atoms with E-state index >= 15 is 0 Å². The predicted octanol–water partition coefficient (Wildman–Crippen LogP) is 4.57. The van der Waals surface area contributed by atoms with Crippen LogP contribution in [0.15, 0.2) is 72.8 Å². The number of nitrogens with zero attached hydrogens (tertiary/aromatic N) is 1. The summed E-state index contributed by atoms with van der Waals surface area (Å²) in [5.41, 5.74) is 0.814. The number of amides is 3. The Labute approximate surface area is 202 Å². The summed E-state index contributed by atoms with van der Waals surface area (Å²) in [6.07, 6.45) is -6.11. The number of hydrogen-bond donors (Lipinski definition) is 1. The molecule has 1 N–H and O–H groups in total. The zero-order chi connectivity index (χ0) is 26.0. The Balaban J connectivity index is 1.40. The van der Waals surface area contributed by atoms with Gasteiger partial charge in [-0.2, -0.15) is 0 Å². The SMILES string of the molecule is CC(OC(=O)c1cccc(N2C(=O)c3ccccc3C2=O)c1)C(=O)Nc1ccc(OC(F)(F)F)cc1. The average molecular weight is 498 g/mol. The summed E-state index contributed by atoms with van der Waals surface area (Å²) in [5, 5.41) is 2.42. The van der Waals surface area contributed by atoms with Crippen molar-refractivity contribution in [1.29, 1.82) is 0 Å². The van der Waals surface area contributed by atoms with Crippen molar-refractivity contribution in [3.8, 4) is 5.75 Å². The molecule has 4 rings (SSSR count). The first-order valence-corrected chi connectivity index (χ1v) is 10.5. The van der Waals surface area contributed by atoms with E-state index in [2.05, 4.69) is 10.1 Å². The van der Waals surface area contributed by atoms with Gasteiger partial charge < -0.3 is 14.8 Å². The van der Waals surface area contributed by atoms with E-state index in [-0.39, 0.29) is 28.1 Å². The van der Waals surface area contributed by atoms with E-state index in [4.69, 9.17) is 4.74 Å². The molecule has 1 heterocycles. The van der Waals surface area contributed by atoms with Crippen LogP contribution >= 0.6 is 0 Å². The van der Waals surface area contributed by atoms with Crippen molar-refractivity contribution in [2.45, 2.75) is 19.4 Å². The number of alkyl halides is 3. The van der Waals surface area contributed by atoms with E-state index in [1.807, 2.05) is 0 Å². The molecule has 0 aliphatic carbocycles. The molecule has 0 saturated heterocycles. The third-order valence-corrected chi connectivity index (χ3v) is 5.14. The second kappa shape index (κ2) is 9.53. The van der Waals surface area contributed by atoms with Gasteiger partial charge in [0.25, 0.3) is 17.7 Å². The van der Waals surface area contributed by atoms with E-state index < -0.39 is 41.9 Å². The normalized spacial score (nSPS) is 13.7. The summed E-state index contributed by atoms with van der Waals surface area (Å²) in [6.45, 7) is 1.31. The highest BCUT2D eigenvalue weighted by molar-refractivity contribution is 6.34. The maximum Gasteiger partial charge on any atom is 0.573 e. The molecule has 1 aliphatic rings. The van der Waals surface area contributed by atoms with Gasteiger partial charge in [-0.05, 0) is 61.5 Å². The first-order chi connectivity index (χ1) is 17.0. The molecule has 3 aromatic rings. The second-order valence-electron chi connectivity index (χ2n) is 7.65. The fourth-order valence-corrected chi connectivity index (χ4v) is 3.46.